The minimum Gasteiger partial charge on any atom is -0.391 e. The van der Waals surface area contributed by atoms with E-state index in [9.17, 15) is 4.79 Å². The molecule has 0 aliphatic carbocycles. The van der Waals surface area contributed by atoms with E-state index >= 15 is 0 Å². The van der Waals surface area contributed by atoms with Crippen LogP contribution in [0.15, 0.2) is 11.5 Å². The second kappa shape index (κ2) is 9.33. The Morgan fingerprint density at radius 2 is 1.41 bits per heavy atom. The normalized spacial score (nSPS) is 15.7. The van der Waals surface area contributed by atoms with Crippen LogP contribution in [0.25, 0.3) is 0 Å². The van der Waals surface area contributed by atoms with E-state index in [1.807, 2.05) is 6.08 Å². The van der Waals surface area contributed by atoms with Crippen LogP contribution in [0, 0.1) is 0 Å². The summed E-state index contributed by atoms with van der Waals surface area (Å²) < 4.78 is 0. The first-order valence-electron chi connectivity index (χ1n) is 7.39. The molecule has 0 aromatic heterocycles. The molecule has 5 nitrogen and oxygen atoms in total. The Morgan fingerprint density at radius 1 is 1.05 bits per heavy atom. The van der Waals surface area contributed by atoms with Crippen LogP contribution in [0.3, 0.4) is 0 Å². The van der Waals surface area contributed by atoms with Crippen LogP contribution in [0.4, 0.5) is 0 Å². The summed E-state index contributed by atoms with van der Waals surface area (Å²) in [6, 6.07) is 0. The maximum Gasteiger partial charge on any atom is 0.209 e. The monoisotopic (exact) mass is 313 g/mol. The summed E-state index contributed by atoms with van der Waals surface area (Å²) in [5, 5.41) is 26.7. The highest BCUT2D eigenvalue weighted by Gasteiger charge is 2.31. The summed E-state index contributed by atoms with van der Waals surface area (Å²) in [5.74, 6) is 0. The van der Waals surface area contributed by atoms with Crippen LogP contribution in [-0.2, 0) is 4.79 Å². The summed E-state index contributed by atoms with van der Waals surface area (Å²) in [6.45, 7) is 13.0. The molecule has 1 heterocycles. The molecule has 0 unspecified atom stereocenters. The molecular formula is C16H32BNO4. The molecule has 0 aromatic rings. The van der Waals surface area contributed by atoms with E-state index in [1.165, 1.54) is 0 Å². The van der Waals surface area contributed by atoms with Gasteiger partial charge in [0, 0.05) is 13.1 Å². The van der Waals surface area contributed by atoms with E-state index < -0.39 is 16.8 Å². The molecule has 22 heavy (non-hydrogen) atoms. The van der Waals surface area contributed by atoms with Crippen LogP contribution >= 0.6 is 0 Å². The number of amides is 1. The van der Waals surface area contributed by atoms with Crippen molar-refractivity contribution in [2.45, 2.75) is 71.7 Å². The lowest BCUT2D eigenvalue weighted by Crippen LogP contribution is -2.44. The van der Waals surface area contributed by atoms with E-state index in [2.05, 4.69) is 0 Å². The van der Waals surface area contributed by atoms with Crippen molar-refractivity contribution in [2.24, 2.45) is 0 Å². The molecular weight excluding hydrogens is 281 g/mol. The number of aliphatic hydroxyl groups is 3. The van der Waals surface area contributed by atoms with Crippen molar-refractivity contribution >= 4 is 14.3 Å². The summed E-state index contributed by atoms with van der Waals surface area (Å²) in [7, 11) is 5.47. The van der Waals surface area contributed by atoms with Gasteiger partial charge in [0.2, 0.25) is 6.41 Å². The van der Waals surface area contributed by atoms with E-state index in [0.717, 1.165) is 24.8 Å². The fraction of sp³-hybridized carbons (Fsp3) is 0.812. The molecule has 6 heteroatoms. The van der Waals surface area contributed by atoms with Gasteiger partial charge in [0.15, 0.2) is 0 Å². The largest absolute Gasteiger partial charge is 0.391 e. The lowest BCUT2D eigenvalue weighted by atomic mass is 9.90. The first-order valence-corrected chi connectivity index (χ1v) is 7.39. The Labute approximate surface area is 136 Å². The SMILES string of the molecule is CC(C)(C)O.CC(C)(O)C(C)(C)O.[B]C1=CCN(C=O)CC1. The molecule has 0 spiro atoms. The first kappa shape index (κ1) is 23.4. The summed E-state index contributed by atoms with van der Waals surface area (Å²) in [5.41, 5.74) is -1.62. The predicted octanol–water partition coefficient (Wildman–Crippen LogP) is 1.21. The van der Waals surface area contributed by atoms with Crippen molar-refractivity contribution in [1.82, 2.24) is 4.90 Å². The molecule has 0 bridgehead atoms. The Bertz CT molecular complexity index is 331. The van der Waals surface area contributed by atoms with Gasteiger partial charge >= 0.3 is 0 Å². The average Bonchev–Trinajstić information content (AvgIpc) is 2.26. The highest BCUT2D eigenvalue weighted by molar-refractivity contribution is 6.21. The number of rotatable bonds is 2. The zero-order valence-electron chi connectivity index (χ0n) is 15.1. The number of hydrogen-bond donors (Lipinski definition) is 3. The molecule has 1 amide bonds. The third-order valence-electron chi connectivity index (χ3n) is 2.92. The van der Waals surface area contributed by atoms with E-state index in [4.69, 9.17) is 23.2 Å². The molecule has 0 saturated carbocycles. The minimum atomic E-state index is -1.01. The highest BCUT2D eigenvalue weighted by Crippen LogP contribution is 2.19. The second-order valence-electron chi connectivity index (χ2n) is 7.42. The molecule has 1 rings (SSSR count). The van der Waals surface area contributed by atoms with Gasteiger partial charge in [-0.25, -0.2) is 0 Å². The van der Waals surface area contributed by atoms with Crippen LogP contribution < -0.4 is 0 Å². The van der Waals surface area contributed by atoms with Crippen LogP contribution in [0.5, 0.6) is 0 Å². The average molecular weight is 313 g/mol. The molecule has 1 aliphatic rings. The fourth-order valence-electron chi connectivity index (χ4n) is 0.796. The van der Waals surface area contributed by atoms with Crippen LogP contribution in [0.2, 0.25) is 0 Å². The van der Waals surface area contributed by atoms with Gasteiger partial charge in [-0.3, -0.25) is 4.79 Å². The number of hydrogen-bond acceptors (Lipinski definition) is 4. The summed E-state index contributed by atoms with van der Waals surface area (Å²) >= 11 is 0. The Balaban J connectivity index is 0. The van der Waals surface area contributed by atoms with Gasteiger partial charge in [0.25, 0.3) is 0 Å². The smallest absolute Gasteiger partial charge is 0.209 e. The molecule has 0 atom stereocenters. The van der Waals surface area contributed by atoms with Gasteiger partial charge in [0.1, 0.15) is 7.85 Å². The number of carbonyl (C=O) groups excluding carboxylic acids is 1. The lowest BCUT2D eigenvalue weighted by Gasteiger charge is -2.31. The lowest BCUT2D eigenvalue weighted by molar-refractivity contribution is -0.117. The molecule has 0 fully saturated rings. The highest BCUT2D eigenvalue weighted by atomic mass is 16.3. The zero-order chi connectivity index (χ0) is 18.2. The Kier molecular flexibility index (Phi) is 9.93. The summed E-state index contributed by atoms with van der Waals surface area (Å²) in [4.78, 5) is 11.8. The number of carbonyl (C=O) groups is 1. The van der Waals surface area contributed by atoms with Gasteiger partial charge in [-0.15, -0.1) is 5.47 Å². The third-order valence-corrected chi connectivity index (χ3v) is 2.92. The van der Waals surface area contributed by atoms with Gasteiger partial charge < -0.3 is 20.2 Å². The van der Waals surface area contributed by atoms with E-state index in [1.54, 1.807) is 53.4 Å². The quantitative estimate of drug-likeness (QED) is 0.529. The van der Waals surface area contributed by atoms with Crippen molar-refractivity contribution in [3.63, 3.8) is 0 Å². The summed E-state index contributed by atoms with van der Waals surface area (Å²) in [6.07, 6.45) is 3.54. The van der Waals surface area contributed by atoms with Gasteiger partial charge in [-0.1, -0.05) is 6.08 Å². The maximum atomic E-state index is 10.1. The topological polar surface area (TPSA) is 81.0 Å². The Morgan fingerprint density at radius 3 is 1.59 bits per heavy atom. The molecule has 3 N–H and O–H groups in total. The van der Waals surface area contributed by atoms with Crippen molar-refractivity contribution in [2.75, 3.05) is 13.1 Å². The van der Waals surface area contributed by atoms with Gasteiger partial charge in [0.05, 0.1) is 16.8 Å². The van der Waals surface area contributed by atoms with Crippen molar-refractivity contribution in [3.8, 4) is 0 Å². The van der Waals surface area contributed by atoms with Crippen molar-refractivity contribution in [1.29, 1.82) is 0 Å². The predicted molar refractivity (Wildman–Crippen MR) is 90.7 cm³/mol. The number of nitrogens with zero attached hydrogens (tertiary/aromatic N) is 1. The molecule has 0 saturated heterocycles. The molecule has 2 radical (unpaired) electrons. The van der Waals surface area contributed by atoms with Crippen LogP contribution in [-0.4, -0.2) is 64.4 Å². The molecule has 1 aliphatic heterocycles. The van der Waals surface area contributed by atoms with Crippen molar-refractivity contribution < 1.29 is 20.1 Å². The van der Waals surface area contributed by atoms with Gasteiger partial charge in [-0.2, -0.15) is 0 Å². The Hall–Kier alpha value is -0.845. The molecule has 128 valence electrons. The van der Waals surface area contributed by atoms with Crippen LogP contribution in [0.1, 0.15) is 54.9 Å². The first-order chi connectivity index (χ1) is 9.58. The fourth-order valence-corrected chi connectivity index (χ4v) is 0.796. The third kappa shape index (κ3) is 15.5. The van der Waals surface area contributed by atoms with E-state index in [-0.39, 0.29) is 0 Å². The van der Waals surface area contributed by atoms with E-state index in [0.29, 0.717) is 6.54 Å². The zero-order valence-corrected chi connectivity index (χ0v) is 15.1. The minimum absolute atomic E-state index is 0.500. The van der Waals surface area contributed by atoms with Crippen molar-refractivity contribution in [3.05, 3.63) is 11.5 Å². The maximum absolute atomic E-state index is 10.1. The molecule has 0 aromatic carbocycles. The van der Waals surface area contributed by atoms with Gasteiger partial charge in [-0.05, 0) is 54.9 Å². The second-order valence-corrected chi connectivity index (χ2v) is 7.42. The standard InChI is InChI=1S/C6H8BNO.C6H14O2.C4H10O/c7-6-1-3-8(5-9)4-2-6;1-5(2,7)6(3,4)8;1-4(2,3)5/h1,5H,2-4H2;7-8H,1-4H3;5H,1-3H3.